The van der Waals surface area contributed by atoms with Gasteiger partial charge in [0.05, 0.1) is 13.7 Å². The third kappa shape index (κ3) is 6.90. The number of nitrogens with zero attached hydrogens (tertiary/aromatic N) is 1. The lowest BCUT2D eigenvalue weighted by Gasteiger charge is -2.12. The van der Waals surface area contributed by atoms with Gasteiger partial charge in [-0.25, -0.2) is 4.79 Å². The van der Waals surface area contributed by atoms with Crippen molar-refractivity contribution in [1.29, 1.82) is 0 Å². The molecule has 25 heavy (non-hydrogen) atoms. The maximum atomic E-state index is 11.6. The van der Waals surface area contributed by atoms with Gasteiger partial charge in [0.2, 0.25) is 5.91 Å². The number of hydrogen-bond acceptors (Lipinski definition) is 7. The molecule has 1 N–H and O–H groups in total. The largest absolute Gasteiger partial charge is 0.493 e. The van der Waals surface area contributed by atoms with E-state index in [1.807, 2.05) is 0 Å². The van der Waals surface area contributed by atoms with Gasteiger partial charge >= 0.3 is 5.97 Å². The van der Waals surface area contributed by atoms with Crippen molar-refractivity contribution in [1.82, 2.24) is 10.2 Å². The fourth-order valence-corrected chi connectivity index (χ4v) is 1.58. The zero-order valence-corrected chi connectivity index (χ0v) is 14.2. The first-order valence-electron chi connectivity index (χ1n) is 7.26. The van der Waals surface area contributed by atoms with Gasteiger partial charge in [0.15, 0.2) is 24.7 Å². The molecule has 0 radical (unpaired) electrons. The van der Waals surface area contributed by atoms with Crippen LogP contribution in [0.3, 0.4) is 0 Å². The van der Waals surface area contributed by atoms with Crippen LogP contribution in [0.4, 0.5) is 0 Å². The van der Waals surface area contributed by atoms with Crippen LogP contribution in [-0.4, -0.2) is 69.9 Å². The zero-order valence-electron chi connectivity index (χ0n) is 14.2. The zero-order chi connectivity index (χ0) is 18.8. The Morgan fingerprint density at radius 3 is 2.48 bits per heavy atom. The van der Waals surface area contributed by atoms with Crippen LogP contribution in [0.2, 0.25) is 0 Å². The van der Waals surface area contributed by atoms with Gasteiger partial charge in [0.25, 0.3) is 5.91 Å². The van der Waals surface area contributed by atoms with Crippen molar-refractivity contribution in [3.05, 3.63) is 23.8 Å². The van der Waals surface area contributed by atoms with Crippen LogP contribution in [0.25, 0.3) is 0 Å². The Bertz CT molecular complexity index is 643. The number of carbonyl (C=O) groups excluding carboxylic acids is 4. The summed E-state index contributed by atoms with van der Waals surface area (Å²) >= 11 is 0. The van der Waals surface area contributed by atoms with Crippen molar-refractivity contribution >= 4 is 24.1 Å². The van der Waals surface area contributed by atoms with Crippen LogP contribution in [0.15, 0.2) is 18.2 Å². The highest BCUT2D eigenvalue weighted by atomic mass is 16.6. The molecule has 0 fully saturated rings. The second-order valence-corrected chi connectivity index (χ2v) is 5.04. The molecular formula is C16H20N2O7. The Labute approximate surface area is 144 Å². The van der Waals surface area contributed by atoms with Gasteiger partial charge in [-0.15, -0.1) is 0 Å². The van der Waals surface area contributed by atoms with E-state index in [9.17, 15) is 19.2 Å². The van der Waals surface area contributed by atoms with Crippen molar-refractivity contribution in [2.45, 2.75) is 0 Å². The summed E-state index contributed by atoms with van der Waals surface area (Å²) in [6, 6.07) is 4.45. The molecule has 9 nitrogen and oxygen atoms in total. The predicted octanol–water partition coefficient (Wildman–Crippen LogP) is -0.366. The van der Waals surface area contributed by atoms with E-state index < -0.39 is 25.1 Å². The molecule has 136 valence electrons. The lowest BCUT2D eigenvalue weighted by Crippen LogP contribution is -2.38. The molecule has 0 aliphatic heterocycles. The standard InChI is InChI=1S/C16H20N2O7/c1-18(2)15(21)7-17-14(20)9-25-16(22)10-24-12-5-4-11(8-19)6-13(12)23-3/h4-6,8H,7,9-10H2,1-3H3,(H,17,20). The molecule has 0 bridgehead atoms. The molecule has 2 amide bonds. The molecule has 0 spiro atoms. The first-order chi connectivity index (χ1) is 11.9. The lowest BCUT2D eigenvalue weighted by molar-refractivity contribution is -0.150. The second-order valence-electron chi connectivity index (χ2n) is 5.04. The third-order valence-corrected chi connectivity index (χ3v) is 2.97. The number of nitrogens with one attached hydrogen (secondary N) is 1. The van der Waals surface area contributed by atoms with Crippen molar-refractivity contribution < 1.29 is 33.4 Å². The van der Waals surface area contributed by atoms with Crippen molar-refractivity contribution in [3.8, 4) is 11.5 Å². The molecule has 1 aromatic carbocycles. The van der Waals surface area contributed by atoms with Gasteiger partial charge in [-0.2, -0.15) is 0 Å². The van der Waals surface area contributed by atoms with E-state index in [1.165, 1.54) is 30.2 Å². The maximum Gasteiger partial charge on any atom is 0.344 e. The normalized spacial score (nSPS) is 9.72. The van der Waals surface area contributed by atoms with Crippen molar-refractivity contribution in [3.63, 3.8) is 0 Å². The minimum atomic E-state index is -0.768. The van der Waals surface area contributed by atoms with Crippen LogP contribution in [0.1, 0.15) is 10.4 Å². The highest BCUT2D eigenvalue weighted by Crippen LogP contribution is 2.27. The lowest BCUT2D eigenvalue weighted by atomic mass is 10.2. The van der Waals surface area contributed by atoms with Gasteiger partial charge < -0.3 is 24.4 Å². The summed E-state index contributed by atoms with van der Waals surface area (Å²) in [6.07, 6.45) is 0.653. The number of esters is 1. The molecule has 0 aliphatic rings. The van der Waals surface area contributed by atoms with Gasteiger partial charge in [-0.1, -0.05) is 0 Å². The van der Waals surface area contributed by atoms with Crippen LogP contribution in [-0.2, 0) is 19.1 Å². The number of methoxy groups -OCH3 is 1. The molecule has 0 saturated heterocycles. The molecule has 0 atom stereocenters. The number of rotatable bonds is 9. The summed E-state index contributed by atoms with van der Waals surface area (Å²) in [5.41, 5.74) is 0.399. The minimum Gasteiger partial charge on any atom is -0.493 e. The first kappa shape index (κ1) is 19.9. The highest BCUT2D eigenvalue weighted by molar-refractivity contribution is 5.86. The number of benzene rings is 1. The predicted molar refractivity (Wildman–Crippen MR) is 86.5 cm³/mol. The van der Waals surface area contributed by atoms with E-state index in [1.54, 1.807) is 14.1 Å². The maximum absolute atomic E-state index is 11.6. The van der Waals surface area contributed by atoms with Crippen molar-refractivity contribution in [2.75, 3.05) is 41.0 Å². The minimum absolute atomic E-state index is 0.180. The Morgan fingerprint density at radius 1 is 1.16 bits per heavy atom. The van der Waals surface area contributed by atoms with Crippen molar-refractivity contribution in [2.24, 2.45) is 0 Å². The average molecular weight is 352 g/mol. The smallest absolute Gasteiger partial charge is 0.344 e. The highest BCUT2D eigenvalue weighted by Gasteiger charge is 2.12. The average Bonchev–Trinajstić information content (AvgIpc) is 2.62. The molecule has 0 aromatic heterocycles. The molecule has 0 unspecified atom stereocenters. The Hall–Kier alpha value is -3.10. The molecule has 1 aromatic rings. The molecular weight excluding hydrogens is 332 g/mol. The van der Waals surface area contributed by atoms with Gasteiger partial charge in [-0.3, -0.25) is 14.4 Å². The van der Waals surface area contributed by atoms with Crippen LogP contribution >= 0.6 is 0 Å². The van der Waals surface area contributed by atoms with E-state index in [4.69, 9.17) is 14.2 Å². The second kappa shape index (κ2) is 9.91. The first-order valence-corrected chi connectivity index (χ1v) is 7.26. The third-order valence-electron chi connectivity index (χ3n) is 2.97. The molecule has 1 rings (SSSR count). The van der Waals surface area contributed by atoms with Crippen LogP contribution in [0, 0.1) is 0 Å². The summed E-state index contributed by atoms with van der Waals surface area (Å²) < 4.78 is 15.0. The van der Waals surface area contributed by atoms with Gasteiger partial charge in [0.1, 0.15) is 6.29 Å². The topological polar surface area (TPSA) is 111 Å². The number of aldehydes is 1. The van der Waals surface area contributed by atoms with E-state index >= 15 is 0 Å². The monoisotopic (exact) mass is 352 g/mol. The summed E-state index contributed by atoms with van der Waals surface area (Å²) in [5, 5.41) is 2.32. The number of hydrogen-bond donors (Lipinski definition) is 1. The Kier molecular flexibility index (Phi) is 7.91. The number of amides is 2. The number of likely N-dealkylation sites (N-methyl/N-ethyl adjacent to an activating group) is 1. The van der Waals surface area contributed by atoms with E-state index in [2.05, 4.69) is 5.32 Å². The van der Waals surface area contributed by atoms with Gasteiger partial charge in [-0.05, 0) is 18.2 Å². The fourth-order valence-electron chi connectivity index (χ4n) is 1.58. The fraction of sp³-hybridized carbons (Fsp3) is 0.375. The number of carbonyl (C=O) groups is 4. The molecule has 9 heteroatoms. The van der Waals surface area contributed by atoms with Gasteiger partial charge in [0, 0.05) is 19.7 Å². The van der Waals surface area contributed by atoms with E-state index in [0.29, 0.717) is 11.8 Å². The quantitative estimate of drug-likeness (QED) is 0.477. The summed E-state index contributed by atoms with van der Waals surface area (Å²) in [4.78, 5) is 46.4. The van der Waals surface area contributed by atoms with E-state index in [0.717, 1.165) is 0 Å². The molecule has 0 saturated carbocycles. The summed E-state index contributed by atoms with van der Waals surface area (Å²) in [6.45, 7) is -1.15. The van der Waals surface area contributed by atoms with Crippen LogP contribution < -0.4 is 14.8 Å². The Morgan fingerprint density at radius 2 is 1.88 bits per heavy atom. The molecule has 0 heterocycles. The summed E-state index contributed by atoms with van der Waals surface area (Å²) in [5.74, 6) is -1.11. The summed E-state index contributed by atoms with van der Waals surface area (Å²) in [7, 11) is 4.51. The Balaban J connectivity index is 2.39. The SMILES string of the molecule is COc1cc(C=O)ccc1OCC(=O)OCC(=O)NCC(=O)N(C)C. The van der Waals surface area contributed by atoms with Crippen LogP contribution in [0.5, 0.6) is 11.5 Å². The van der Waals surface area contributed by atoms with E-state index in [-0.39, 0.29) is 24.0 Å². The number of ether oxygens (including phenoxy) is 3. The molecule has 0 aliphatic carbocycles.